The third-order valence-electron chi connectivity index (χ3n) is 6.07. The Bertz CT molecular complexity index is 1210. The summed E-state index contributed by atoms with van der Waals surface area (Å²) in [6.45, 7) is 3.33. The van der Waals surface area contributed by atoms with Crippen LogP contribution in [-0.2, 0) is 15.1 Å². The van der Waals surface area contributed by atoms with Crippen molar-refractivity contribution in [2.45, 2.75) is 12.5 Å². The zero-order chi connectivity index (χ0) is 23.7. The molecule has 1 atom stereocenters. The average molecular weight is 462 g/mol. The number of benzene rings is 1. The molecule has 13 heteroatoms. The highest BCUT2D eigenvalue weighted by atomic mass is 16.2. The van der Waals surface area contributed by atoms with Crippen molar-refractivity contribution in [2.24, 2.45) is 0 Å². The van der Waals surface area contributed by atoms with E-state index in [1.807, 2.05) is 4.90 Å². The van der Waals surface area contributed by atoms with Crippen LogP contribution in [0.5, 0.6) is 0 Å². The van der Waals surface area contributed by atoms with Gasteiger partial charge in [-0.25, -0.2) is 19.4 Å². The predicted octanol–water partition coefficient (Wildman–Crippen LogP) is -0.432. The Morgan fingerprint density at radius 2 is 1.85 bits per heavy atom. The molecule has 2 saturated heterocycles. The van der Waals surface area contributed by atoms with Gasteiger partial charge in [-0.3, -0.25) is 14.5 Å². The minimum absolute atomic E-state index is 0.288. The molecule has 1 aromatic carbocycles. The first-order valence-electron chi connectivity index (χ1n) is 10.7. The van der Waals surface area contributed by atoms with Gasteiger partial charge in [-0.2, -0.15) is 0 Å². The van der Waals surface area contributed by atoms with Gasteiger partial charge in [0.15, 0.2) is 0 Å². The molecule has 0 radical (unpaired) electrons. The van der Waals surface area contributed by atoms with Crippen LogP contribution in [0, 0.1) is 0 Å². The molecule has 34 heavy (non-hydrogen) atoms. The number of piperazine rings is 1. The molecule has 1 N–H and O–H groups in total. The van der Waals surface area contributed by atoms with E-state index in [0.29, 0.717) is 43.4 Å². The molecule has 4 amide bonds. The number of urea groups is 1. The lowest BCUT2D eigenvalue weighted by molar-refractivity contribution is -0.139. The van der Waals surface area contributed by atoms with Crippen LogP contribution >= 0.6 is 0 Å². The van der Waals surface area contributed by atoms with Crippen molar-refractivity contribution in [1.29, 1.82) is 0 Å². The second kappa shape index (κ2) is 8.50. The number of hydrogen-bond donors (Lipinski definition) is 1. The number of rotatable bonds is 5. The molecule has 2 aliphatic heterocycles. The summed E-state index contributed by atoms with van der Waals surface area (Å²) < 4.78 is 1.45. The minimum atomic E-state index is -1.31. The zero-order valence-electron chi connectivity index (χ0n) is 18.4. The third kappa shape index (κ3) is 3.80. The summed E-state index contributed by atoms with van der Waals surface area (Å²) in [5.74, 6) is -0.164. The standard InChI is InChI=1S/C21H22N10O3/c1-21(15-4-2-5-16(12-15)31-14-24-26-27-31)18(33)30(20(34)25-21)13-17(32)28-8-10-29(11-9-28)19-22-6-3-7-23-19/h2-7,12,14H,8-11,13H2,1H3,(H,25,34)/t21-/m1/s1. The van der Waals surface area contributed by atoms with Crippen molar-refractivity contribution in [2.75, 3.05) is 37.6 Å². The van der Waals surface area contributed by atoms with E-state index in [2.05, 4.69) is 30.8 Å². The summed E-state index contributed by atoms with van der Waals surface area (Å²) in [4.78, 5) is 52.0. The number of aromatic nitrogens is 6. The fourth-order valence-corrected chi connectivity index (χ4v) is 4.12. The molecule has 3 aromatic rings. The quantitative estimate of drug-likeness (QED) is 0.500. The first-order valence-corrected chi connectivity index (χ1v) is 10.7. The average Bonchev–Trinajstić information content (AvgIpc) is 3.49. The Kier molecular flexibility index (Phi) is 5.36. The largest absolute Gasteiger partial charge is 0.338 e. The van der Waals surface area contributed by atoms with Crippen molar-refractivity contribution < 1.29 is 14.4 Å². The van der Waals surface area contributed by atoms with E-state index in [-0.39, 0.29) is 12.5 Å². The normalized spacial score (nSPS) is 20.6. The Morgan fingerprint density at radius 3 is 2.56 bits per heavy atom. The van der Waals surface area contributed by atoms with Crippen LogP contribution in [-0.4, -0.2) is 90.5 Å². The monoisotopic (exact) mass is 462 g/mol. The number of carbonyl (C=O) groups is 3. The Labute approximate surface area is 194 Å². The Balaban J connectivity index is 1.26. The maximum atomic E-state index is 13.3. The summed E-state index contributed by atoms with van der Waals surface area (Å²) in [5.41, 5.74) is -0.115. The van der Waals surface area contributed by atoms with Crippen LogP contribution in [0.25, 0.3) is 5.69 Å². The summed E-state index contributed by atoms with van der Waals surface area (Å²) in [7, 11) is 0. The van der Waals surface area contributed by atoms with Crippen molar-refractivity contribution in [3.8, 4) is 5.69 Å². The molecule has 13 nitrogen and oxygen atoms in total. The van der Waals surface area contributed by atoms with Crippen molar-refractivity contribution in [3.05, 3.63) is 54.6 Å². The Morgan fingerprint density at radius 1 is 1.09 bits per heavy atom. The van der Waals surface area contributed by atoms with Gasteiger partial charge in [0, 0.05) is 38.6 Å². The van der Waals surface area contributed by atoms with Crippen LogP contribution in [0.2, 0.25) is 0 Å². The summed E-state index contributed by atoms with van der Waals surface area (Å²) in [6.07, 6.45) is 4.78. The molecule has 174 valence electrons. The number of imide groups is 1. The van der Waals surface area contributed by atoms with Crippen LogP contribution in [0.1, 0.15) is 12.5 Å². The summed E-state index contributed by atoms with van der Waals surface area (Å²) in [5, 5.41) is 13.8. The minimum Gasteiger partial charge on any atom is -0.338 e. The van der Waals surface area contributed by atoms with Crippen molar-refractivity contribution in [3.63, 3.8) is 0 Å². The van der Waals surface area contributed by atoms with Gasteiger partial charge in [-0.15, -0.1) is 5.10 Å². The number of nitrogens with one attached hydrogen (secondary N) is 1. The molecule has 0 unspecified atom stereocenters. The van der Waals surface area contributed by atoms with E-state index in [4.69, 9.17) is 0 Å². The highest BCUT2D eigenvalue weighted by molar-refractivity contribution is 6.09. The fourth-order valence-electron chi connectivity index (χ4n) is 4.12. The van der Waals surface area contributed by atoms with Gasteiger partial charge < -0.3 is 15.1 Å². The topological polar surface area (TPSA) is 142 Å². The molecule has 4 heterocycles. The third-order valence-corrected chi connectivity index (χ3v) is 6.07. The number of anilines is 1. The lowest BCUT2D eigenvalue weighted by Crippen LogP contribution is -2.52. The molecular weight excluding hydrogens is 440 g/mol. The molecule has 5 rings (SSSR count). The maximum Gasteiger partial charge on any atom is 0.325 e. The molecule has 0 bridgehead atoms. The number of tetrazole rings is 1. The number of carbonyl (C=O) groups excluding carboxylic acids is 3. The van der Waals surface area contributed by atoms with E-state index in [0.717, 1.165) is 4.90 Å². The highest BCUT2D eigenvalue weighted by Gasteiger charge is 2.50. The molecular formula is C21H22N10O3. The lowest BCUT2D eigenvalue weighted by atomic mass is 9.91. The molecule has 0 saturated carbocycles. The molecule has 2 aliphatic rings. The zero-order valence-corrected chi connectivity index (χ0v) is 18.4. The number of nitrogens with zero attached hydrogens (tertiary/aromatic N) is 9. The maximum absolute atomic E-state index is 13.3. The van der Waals surface area contributed by atoms with Crippen molar-refractivity contribution >= 4 is 23.8 Å². The Hall–Kier alpha value is -4.42. The molecule has 2 fully saturated rings. The van der Waals surface area contributed by atoms with Crippen LogP contribution in [0.3, 0.4) is 0 Å². The molecule has 0 spiro atoms. The number of amides is 4. The second-order valence-electron chi connectivity index (χ2n) is 8.17. The molecule has 2 aromatic heterocycles. The smallest absolute Gasteiger partial charge is 0.325 e. The van der Waals surface area contributed by atoms with E-state index in [1.54, 1.807) is 54.5 Å². The van der Waals surface area contributed by atoms with Crippen molar-refractivity contribution in [1.82, 2.24) is 45.3 Å². The first-order chi connectivity index (χ1) is 16.5. The van der Waals surface area contributed by atoms with E-state index < -0.39 is 17.5 Å². The van der Waals surface area contributed by atoms with Crippen LogP contribution in [0.15, 0.2) is 49.1 Å². The van der Waals surface area contributed by atoms with E-state index in [9.17, 15) is 14.4 Å². The summed E-state index contributed by atoms with van der Waals surface area (Å²) in [6, 6.07) is 8.14. The van der Waals surface area contributed by atoms with Crippen LogP contribution < -0.4 is 10.2 Å². The van der Waals surface area contributed by atoms with E-state index >= 15 is 0 Å². The second-order valence-corrected chi connectivity index (χ2v) is 8.17. The molecule has 0 aliphatic carbocycles. The lowest BCUT2D eigenvalue weighted by Gasteiger charge is -2.35. The van der Waals surface area contributed by atoms with Gasteiger partial charge in [-0.05, 0) is 41.1 Å². The van der Waals surface area contributed by atoms with Gasteiger partial charge in [0.05, 0.1) is 5.69 Å². The summed E-state index contributed by atoms with van der Waals surface area (Å²) >= 11 is 0. The van der Waals surface area contributed by atoms with Gasteiger partial charge >= 0.3 is 6.03 Å². The van der Waals surface area contributed by atoms with E-state index in [1.165, 1.54) is 11.0 Å². The van der Waals surface area contributed by atoms with Gasteiger partial charge in [0.25, 0.3) is 5.91 Å². The van der Waals surface area contributed by atoms with Gasteiger partial charge in [0.1, 0.15) is 18.4 Å². The highest BCUT2D eigenvalue weighted by Crippen LogP contribution is 2.30. The number of hydrogen-bond acceptors (Lipinski definition) is 9. The SMILES string of the molecule is C[C@]1(c2cccc(-n3cnnn3)c2)NC(=O)N(CC(=O)N2CCN(c3ncccn3)CC2)C1=O. The first kappa shape index (κ1) is 21.4. The predicted molar refractivity (Wildman–Crippen MR) is 118 cm³/mol. The van der Waals surface area contributed by atoms with Gasteiger partial charge in [0.2, 0.25) is 11.9 Å². The van der Waals surface area contributed by atoms with Gasteiger partial charge in [-0.1, -0.05) is 12.1 Å². The van der Waals surface area contributed by atoms with Crippen LogP contribution in [0.4, 0.5) is 10.7 Å². The fraction of sp³-hybridized carbons (Fsp3) is 0.333.